The van der Waals surface area contributed by atoms with E-state index in [1.54, 1.807) is 0 Å². The number of phosphoric acid groups is 3. The molecule has 0 bridgehead atoms. The van der Waals surface area contributed by atoms with Gasteiger partial charge in [-0.05, 0) is 0 Å². The van der Waals surface area contributed by atoms with Crippen LogP contribution in [0.5, 0.6) is 0 Å². The molecule has 10 nitrogen and oxygen atoms in total. The molecule has 0 saturated carbocycles. The Balaban J connectivity index is -0.000000240. The van der Waals surface area contributed by atoms with Crippen LogP contribution in [0.4, 0.5) is 0 Å². The molecule has 0 aromatic rings. The zero-order valence-corrected chi connectivity index (χ0v) is 12.7. The van der Waals surface area contributed by atoms with E-state index < -0.39 is 23.5 Å². The fourth-order valence-electron chi connectivity index (χ4n) is 0.284. The molecule has 0 aromatic carbocycles. The summed E-state index contributed by atoms with van der Waals surface area (Å²) in [6, 6.07) is 0. The first-order valence-corrected chi connectivity index (χ1v) is 6.83. The zero-order valence-electron chi connectivity index (χ0n) is 7.95. The first-order valence-electron chi connectivity index (χ1n) is 2.28. The number of hydrogen-bond donors (Lipinski definition) is 5. The van der Waals surface area contributed by atoms with Crippen molar-refractivity contribution < 1.29 is 94.5 Å². The van der Waals surface area contributed by atoms with Gasteiger partial charge in [0, 0.05) is 16.8 Å². The maximum atomic E-state index is 10.4. The van der Waals surface area contributed by atoms with Crippen LogP contribution in [0.1, 0.15) is 1.43 Å². The minimum Gasteiger partial charge on any atom is -1.00 e. The Hall–Kier alpha value is 1.92. The summed E-state index contributed by atoms with van der Waals surface area (Å²) in [5.74, 6) is 0. The summed E-state index contributed by atoms with van der Waals surface area (Å²) in [7, 11) is -16.2. The average Bonchev–Trinajstić information content (AvgIpc) is 1.43. The van der Waals surface area contributed by atoms with E-state index in [1.165, 1.54) is 0 Å². The molecular weight excluding hydrogens is 335 g/mol. The summed E-state index contributed by atoms with van der Waals surface area (Å²) in [5, 5.41) is 0. The van der Waals surface area contributed by atoms with Gasteiger partial charge in [0.1, 0.15) is 0 Å². The van der Waals surface area contributed by atoms with E-state index in [-0.39, 0.29) is 47.8 Å². The van der Waals surface area contributed by atoms with Crippen LogP contribution in [-0.4, -0.2) is 24.5 Å². The Morgan fingerprint density at radius 3 is 1.13 bits per heavy atom. The van der Waals surface area contributed by atoms with Gasteiger partial charge in [-0.15, -0.1) is 0 Å². The standard InChI is InChI=1S/Co.Na.H5O10P3.H/c;;1-11(2,3)9-13(7,8)10-12(4,5)6;/h;;(H,7,8)(H2,1,2,3)(H2,4,5,6);/q;+1;;-1. The van der Waals surface area contributed by atoms with E-state index in [9.17, 15) is 13.7 Å². The quantitative estimate of drug-likeness (QED) is 0.254. The van der Waals surface area contributed by atoms with Crippen molar-refractivity contribution >= 4 is 23.5 Å². The van der Waals surface area contributed by atoms with E-state index in [0.29, 0.717) is 0 Å². The van der Waals surface area contributed by atoms with Crippen molar-refractivity contribution in [2.75, 3.05) is 0 Å². The molecule has 0 heterocycles. The molecule has 1 radical (unpaired) electrons. The maximum Gasteiger partial charge on any atom is 1.00 e. The molecule has 0 aliphatic carbocycles. The van der Waals surface area contributed by atoms with Gasteiger partial charge in [0.25, 0.3) is 0 Å². The molecule has 0 fully saturated rings. The largest absolute Gasteiger partial charge is 1.00 e. The fraction of sp³-hybridized carbons (Fsp3) is 0. The number of rotatable bonds is 4. The van der Waals surface area contributed by atoms with Crippen LogP contribution in [0, 0.1) is 0 Å². The third-order valence-corrected chi connectivity index (χ3v) is 3.77. The van der Waals surface area contributed by atoms with Gasteiger partial charge in [-0.25, -0.2) is 13.7 Å². The molecule has 0 rings (SSSR count). The third-order valence-electron chi connectivity index (χ3n) is 0.419. The Kier molecular flexibility index (Phi) is 10.9. The second-order valence-corrected chi connectivity index (χ2v) is 5.82. The molecule has 0 spiro atoms. The molecule has 5 N–H and O–H groups in total. The van der Waals surface area contributed by atoms with Crippen LogP contribution < -0.4 is 29.6 Å². The van der Waals surface area contributed by atoms with Gasteiger partial charge >= 0.3 is 53.0 Å². The SMILES string of the molecule is O=P(O)(O)OP(=O)(O)OP(=O)(O)O.[Co].[H-].[Na+]. The zero-order chi connectivity index (χ0) is 10.9. The van der Waals surface area contributed by atoms with Crippen molar-refractivity contribution in [3.63, 3.8) is 0 Å². The van der Waals surface area contributed by atoms with Crippen LogP contribution in [-0.2, 0) is 39.1 Å². The molecule has 0 saturated heterocycles. The Bertz CT molecular complexity index is 288. The second-order valence-electron chi connectivity index (χ2n) is 1.61. The summed E-state index contributed by atoms with van der Waals surface area (Å²) in [6.07, 6.45) is 0. The first kappa shape index (κ1) is 22.1. The Labute approximate surface area is 117 Å². The Morgan fingerprint density at radius 2 is 1.00 bits per heavy atom. The molecule has 15 heavy (non-hydrogen) atoms. The van der Waals surface area contributed by atoms with Crippen molar-refractivity contribution in [1.82, 2.24) is 0 Å². The van der Waals surface area contributed by atoms with Crippen molar-refractivity contribution in [3.05, 3.63) is 0 Å². The summed E-state index contributed by atoms with van der Waals surface area (Å²) < 4.78 is 36.4. The molecule has 0 aromatic heterocycles. The molecular formula is H6CoNaO10P3. The molecule has 0 aliphatic heterocycles. The Morgan fingerprint density at radius 1 is 0.800 bits per heavy atom. The second kappa shape index (κ2) is 7.37. The first-order chi connectivity index (χ1) is 5.41. The smallest absolute Gasteiger partial charge is 1.00 e. The average molecular weight is 341 g/mol. The predicted octanol–water partition coefficient (Wildman–Crippen LogP) is -3.58. The van der Waals surface area contributed by atoms with Crippen LogP contribution in [0.3, 0.4) is 0 Å². The molecule has 0 aliphatic rings. The normalized spacial score (nSPS) is 12.6. The number of hydrogen-bond acceptors (Lipinski definition) is 5. The van der Waals surface area contributed by atoms with Gasteiger partial charge in [0.15, 0.2) is 0 Å². The van der Waals surface area contributed by atoms with E-state index in [0.717, 1.165) is 0 Å². The summed E-state index contributed by atoms with van der Waals surface area (Å²) in [5.41, 5.74) is 0. The van der Waals surface area contributed by atoms with Gasteiger partial charge in [-0.3, -0.25) is 0 Å². The topological polar surface area (TPSA) is 171 Å². The van der Waals surface area contributed by atoms with Crippen LogP contribution >= 0.6 is 23.5 Å². The molecule has 15 heteroatoms. The van der Waals surface area contributed by atoms with Gasteiger partial charge < -0.3 is 25.9 Å². The summed E-state index contributed by atoms with van der Waals surface area (Å²) in [6.45, 7) is 0. The van der Waals surface area contributed by atoms with E-state index in [1.807, 2.05) is 0 Å². The molecule has 0 amide bonds. The van der Waals surface area contributed by atoms with Crippen LogP contribution in [0.15, 0.2) is 0 Å². The van der Waals surface area contributed by atoms with Crippen molar-refractivity contribution in [3.8, 4) is 0 Å². The molecule has 0 atom stereocenters. The van der Waals surface area contributed by atoms with Gasteiger partial charge in [0.05, 0.1) is 0 Å². The molecule has 91 valence electrons. The van der Waals surface area contributed by atoms with Gasteiger partial charge in [-0.1, -0.05) is 0 Å². The van der Waals surface area contributed by atoms with E-state index >= 15 is 0 Å². The van der Waals surface area contributed by atoms with E-state index in [4.69, 9.17) is 24.5 Å². The predicted molar refractivity (Wildman–Crippen MR) is 37.2 cm³/mol. The van der Waals surface area contributed by atoms with Crippen LogP contribution in [0.25, 0.3) is 0 Å². The van der Waals surface area contributed by atoms with Crippen molar-refractivity contribution in [2.45, 2.75) is 0 Å². The summed E-state index contributed by atoms with van der Waals surface area (Å²) in [4.78, 5) is 40.2. The van der Waals surface area contributed by atoms with Crippen molar-refractivity contribution in [1.29, 1.82) is 0 Å². The summed E-state index contributed by atoms with van der Waals surface area (Å²) >= 11 is 0. The van der Waals surface area contributed by atoms with Crippen LogP contribution in [0.2, 0.25) is 0 Å². The monoisotopic (exact) mass is 341 g/mol. The molecule has 0 unspecified atom stereocenters. The van der Waals surface area contributed by atoms with Gasteiger partial charge in [-0.2, -0.15) is 8.62 Å². The minimum absolute atomic E-state index is 0. The maximum absolute atomic E-state index is 10.4. The third kappa shape index (κ3) is 15.9. The van der Waals surface area contributed by atoms with Gasteiger partial charge in [0.2, 0.25) is 0 Å². The van der Waals surface area contributed by atoms with Crippen molar-refractivity contribution in [2.24, 2.45) is 0 Å². The minimum atomic E-state index is -5.46. The fourth-order valence-corrected chi connectivity index (χ4v) is 2.82. The van der Waals surface area contributed by atoms with E-state index in [2.05, 4.69) is 8.62 Å².